The normalized spacial score (nSPS) is 36.7. The lowest BCUT2D eigenvalue weighted by atomic mass is 9.74. The first-order chi connectivity index (χ1) is 7.99. The number of hydrogen-bond acceptors (Lipinski definition) is 1. The van der Waals surface area contributed by atoms with Crippen molar-refractivity contribution in [3.8, 4) is 0 Å². The average Bonchev–Trinajstić information content (AvgIpc) is 2.83. The van der Waals surface area contributed by atoms with Gasteiger partial charge in [-0.2, -0.15) is 0 Å². The van der Waals surface area contributed by atoms with Crippen LogP contribution in [0, 0.1) is 17.3 Å². The van der Waals surface area contributed by atoms with E-state index in [-0.39, 0.29) is 15.8 Å². The van der Waals surface area contributed by atoms with Gasteiger partial charge in [0, 0.05) is 5.41 Å². The van der Waals surface area contributed by atoms with Gasteiger partial charge in [-0.15, -0.1) is 23.2 Å². The maximum Gasteiger partial charge on any atom is 0.307 e. The molecule has 17 heavy (non-hydrogen) atoms. The van der Waals surface area contributed by atoms with Gasteiger partial charge in [0.2, 0.25) is 0 Å². The van der Waals surface area contributed by atoms with E-state index in [1.54, 1.807) is 0 Å². The Bertz CT molecular complexity index is 345. The lowest BCUT2D eigenvalue weighted by Gasteiger charge is -2.37. The van der Waals surface area contributed by atoms with E-state index in [1.807, 2.05) is 0 Å². The Morgan fingerprint density at radius 3 is 2.82 bits per heavy atom. The highest BCUT2D eigenvalue weighted by molar-refractivity contribution is 6.69. The van der Waals surface area contributed by atoms with Crippen LogP contribution in [0.25, 0.3) is 0 Å². The Labute approximate surface area is 114 Å². The molecule has 2 aliphatic carbocycles. The molecule has 2 nitrogen and oxygen atoms in total. The molecule has 2 aliphatic rings. The molecule has 2 bridgehead atoms. The average molecular weight is 291 g/mol. The van der Waals surface area contributed by atoms with Crippen molar-refractivity contribution in [2.75, 3.05) is 0 Å². The molecule has 0 aliphatic heterocycles. The summed E-state index contributed by atoms with van der Waals surface area (Å²) in [7, 11) is 0.413. The molecule has 1 N–H and O–H groups in total. The summed E-state index contributed by atoms with van der Waals surface area (Å²) in [5.41, 5.74) is 0.110. The van der Waals surface area contributed by atoms with E-state index >= 15 is 0 Å². The molecule has 0 amide bonds. The third-order valence-electron chi connectivity index (χ3n) is 4.16. The number of fused-ring (bicyclic) bond motifs is 2. The second-order valence-electron chi connectivity index (χ2n) is 4.99. The summed E-state index contributed by atoms with van der Waals surface area (Å²) < 4.78 is -0.378. The van der Waals surface area contributed by atoms with Gasteiger partial charge in [-0.1, -0.05) is 25.5 Å². The van der Waals surface area contributed by atoms with Crippen molar-refractivity contribution >= 4 is 38.7 Å². The molecular formula is C12H16Cl2O2Si. The van der Waals surface area contributed by atoms with Crippen molar-refractivity contribution in [2.45, 2.75) is 36.2 Å². The Balaban J connectivity index is 2.25. The molecule has 94 valence electrons. The zero-order chi connectivity index (χ0) is 12.6. The topological polar surface area (TPSA) is 37.3 Å². The highest BCUT2D eigenvalue weighted by atomic mass is 35.5. The Morgan fingerprint density at radius 1 is 1.65 bits per heavy atom. The minimum absolute atomic E-state index is 0.189. The first-order valence-electron chi connectivity index (χ1n) is 5.96. The van der Waals surface area contributed by atoms with Crippen molar-refractivity contribution in [3.05, 3.63) is 12.2 Å². The van der Waals surface area contributed by atoms with Gasteiger partial charge >= 0.3 is 5.97 Å². The minimum atomic E-state index is -0.666. The molecule has 0 aromatic rings. The maximum absolute atomic E-state index is 11.4. The summed E-state index contributed by atoms with van der Waals surface area (Å²) in [6, 6.07) is 0. The van der Waals surface area contributed by atoms with Crippen LogP contribution in [-0.2, 0) is 4.79 Å². The Kier molecular flexibility index (Phi) is 3.91. The van der Waals surface area contributed by atoms with Crippen LogP contribution in [0.4, 0.5) is 0 Å². The third-order valence-corrected chi connectivity index (χ3v) is 6.52. The fourth-order valence-corrected chi connectivity index (χ4v) is 5.66. The second-order valence-corrected chi connectivity index (χ2v) is 8.43. The molecule has 1 fully saturated rings. The smallest absolute Gasteiger partial charge is 0.307 e. The summed E-state index contributed by atoms with van der Waals surface area (Å²) in [5, 5.41) is 9.38. The number of halogens is 2. The number of carboxylic acids is 1. The van der Waals surface area contributed by atoms with E-state index in [0.29, 0.717) is 21.0 Å². The quantitative estimate of drug-likeness (QED) is 0.479. The van der Waals surface area contributed by atoms with Crippen molar-refractivity contribution in [3.63, 3.8) is 0 Å². The molecule has 2 radical (unpaired) electrons. The molecule has 4 atom stereocenters. The van der Waals surface area contributed by atoms with Crippen molar-refractivity contribution in [2.24, 2.45) is 17.3 Å². The molecule has 0 aromatic heterocycles. The zero-order valence-electron chi connectivity index (χ0n) is 9.70. The van der Waals surface area contributed by atoms with Gasteiger partial charge in [0.25, 0.3) is 0 Å². The number of carbonyl (C=O) groups is 1. The van der Waals surface area contributed by atoms with Crippen LogP contribution < -0.4 is 0 Å². The minimum Gasteiger partial charge on any atom is -0.481 e. The third kappa shape index (κ3) is 2.29. The molecule has 4 unspecified atom stereocenters. The van der Waals surface area contributed by atoms with Gasteiger partial charge < -0.3 is 5.11 Å². The van der Waals surface area contributed by atoms with Gasteiger partial charge in [-0.25, -0.2) is 0 Å². The predicted octanol–water partition coefficient (Wildman–Crippen LogP) is 3.32. The molecule has 0 aromatic carbocycles. The summed E-state index contributed by atoms with van der Waals surface area (Å²) in [5.74, 6) is -0.470. The highest BCUT2D eigenvalue weighted by Gasteiger charge is 2.55. The van der Waals surface area contributed by atoms with Crippen LogP contribution in [-0.4, -0.2) is 25.1 Å². The molecule has 5 heteroatoms. The summed E-state index contributed by atoms with van der Waals surface area (Å²) in [6.45, 7) is 2.10. The van der Waals surface area contributed by atoms with E-state index in [9.17, 15) is 9.90 Å². The van der Waals surface area contributed by atoms with Crippen molar-refractivity contribution < 1.29 is 9.90 Å². The van der Waals surface area contributed by atoms with Crippen LogP contribution in [0.5, 0.6) is 0 Å². The Hall–Kier alpha value is 0.00688. The van der Waals surface area contributed by atoms with Gasteiger partial charge in [-0.05, 0) is 24.3 Å². The van der Waals surface area contributed by atoms with Crippen LogP contribution in [0.2, 0.25) is 5.54 Å². The van der Waals surface area contributed by atoms with Gasteiger partial charge in [0.05, 0.1) is 19.9 Å². The fourth-order valence-electron chi connectivity index (χ4n) is 3.49. The van der Waals surface area contributed by atoms with Crippen LogP contribution in [0.3, 0.4) is 0 Å². The van der Waals surface area contributed by atoms with Crippen LogP contribution in [0.15, 0.2) is 12.2 Å². The van der Waals surface area contributed by atoms with Gasteiger partial charge in [-0.3, -0.25) is 4.79 Å². The van der Waals surface area contributed by atoms with Crippen molar-refractivity contribution in [1.82, 2.24) is 0 Å². The number of hydrogen-bond donors (Lipinski definition) is 1. The van der Waals surface area contributed by atoms with E-state index in [1.165, 1.54) is 0 Å². The van der Waals surface area contributed by atoms with E-state index in [0.717, 1.165) is 19.3 Å². The number of allylic oxidation sites excluding steroid dienone is 2. The van der Waals surface area contributed by atoms with E-state index in [4.69, 9.17) is 23.2 Å². The number of aliphatic carboxylic acids is 1. The monoisotopic (exact) mass is 290 g/mol. The standard InChI is InChI=1S/C12H16Cl2O2Si/c1-2-9(17-11(13)14)12-4-3-7(6-12)5-8(12)10(15)16/h3-4,7-9,11H,2,5-6H2,1H3,(H,15,16). The molecular weight excluding hydrogens is 275 g/mol. The lowest BCUT2D eigenvalue weighted by molar-refractivity contribution is -0.144. The van der Waals surface area contributed by atoms with E-state index in [2.05, 4.69) is 19.1 Å². The second kappa shape index (κ2) is 4.94. The number of alkyl halides is 2. The summed E-state index contributed by atoms with van der Waals surface area (Å²) >= 11 is 11.8. The lowest BCUT2D eigenvalue weighted by Crippen LogP contribution is -2.37. The Morgan fingerprint density at radius 2 is 2.35 bits per heavy atom. The molecule has 0 spiro atoms. The maximum atomic E-state index is 11.4. The highest BCUT2D eigenvalue weighted by Crippen LogP contribution is 2.60. The van der Waals surface area contributed by atoms with Crippen LogP contribution in [0.1, 0.15) is 26.2 Å². The molecule has 2 rings (SSSR count). The largest absolute Gasteiger partial charge is 0.481 e. The van der Waals surface area contributed by atoms with Gasteiger partial charge in [0.1, 0.15) is 0 Å². The SMILES string of the molecule is CCC([Si]C(Cl)Cl)C12C=CC(CC1C(=O)O)C2. The molecule has 0 saturated heterocycles. The summed E-state index contributed by atoms with van der Waals surface area (Å²) in [6.07, 6.45) is 7.01. The van der Waals surface area contributed by atoms with Gasteiger partial charge in [0.15, 0.2) is 0 Å². The fraction of sp³-hybridized carbons (Fsp3) is 0.750. The first kappa shape index (κ1) is 13.4. The molecule has 0 heterocycles. The number of rotatable bonds is 5. The van der Waals surface area contributed by atoms with E-state index < -0.39 is 5.97 Å². The first-order valence-corrected chi connectivity index (χ1v) is 7.98. The van der Waals surface area contributed by atoms with Crippen LogP contribution >= 0.6 is 23.2 Å². The predicted molar refractivity (Wildman–Crippen MR) is 70.7 cm³/mol. The summed E-state index contributed by atoms with van der Waals surface area (Å²) in [4.78, 5) is 11.4. The zero-order valence-corrected chi connectivity index (χ0v) is 12.2. The molecule has 1 saturated carbocycles. The van der Waals surface area contributed by atoms with Crippen molar-refractivity contribution in [1.29, 1.82) is 0 Å². The number of carboxylic acid groups (broad SMARTS) is 1.